The van der Waals surface area contributed by atoms with Crippen LogP contribution in [0.15, 0.2) is 54.1 Å². The molecule has 0 aliphatic carbocycles. The zero-order valence-corrected chi connectivity index (χ0v) is 14.2. The van der Waals surface area contributed by atoms with Gasteiger partial charge >= 0.3 is 5.97 Å². The molecule has 25 heavy (non-hydrogen) atoms. The largest absolute Gasteiger partial charge is 0.489 e. The van der Waals surface area contributed by atoms with E-state index >= 15 is 0 Å². The number of halogens is 1. The lowest BCUT2D eigenvalue weighted by Gasteiger charge is -2.08. The van der Waals surface area contributed by atoms with Crippen molar-refractivity contribution in [3.05, 3.63) is 80.4 Å². The number of carboxylic acid groups (broad SMARTS) is 1. The molecule has 0 saturated heterocycles. The third kappa shape index (κ3) is 5.06. The zero-order valence-electron chi connectivity index (χ0n) is 13.4. The molecule has 0 spiro atoms. The van der Waals surface area contributed by atoms with Gasteiger partial charge in [0, 0.05) is 12.1 Å². The fourth-order valence-electron chi connectivity index (χ4n) is 2.11. The highest BCUT2D eigenvalue weighted by Gasteiger charge is 2.11. The third-order valence-electron chi connectivity index (χ3n) is 3.49. The number of rotatable bonds is 7. The minimum absolute atomic E-state index is 0.00701. The summed E-state index contributed by atoms with van der Waals surface area (Å²) in [6, 6.07) is 10.7. The van der Waals surface area contributed by atoms with E-state index in [0.29, 0.717) is 18.8 Å². The van der Waals surface area contributed by atoms with Crippen LogP contribution in [0.3, 0.4) is 0 Å². The van der Waals surface area contributed by atoms with Gasteiger partial charge in [-0.2, -0.15) is 0 Å². The molecule has 2 aromatic rings. The number of allylic oxidation sites excluding steroid dienone is 1. The lowest BCUT2D eigenvalue weighted by atomic mass is 10.1. The molecule has 0 heterocycles. The average molecular weight is 362 g/mol. The Morgan fingerprint density at radius 1 is 1.28 bits per heavy atom. The number of nitrogens with zero attached hydrogens (tertiary/aromatic N) is 1. The average Bonchev–Trinajstić information content (AvgIpc) is 2.59. The normalized spacial score (nSPS) is 11.2. The highest BCUT2D eigenvalue weighted by molar-refractivity contribution is 6.34. The highest BCUT2D eigenvalue weighted by Crippen LogP contribution is 2.22. The molecule has 0 radical (unpaired) electrons. The Bertz CT molecular complexity index is 815. The lowest BCUT2D eigenvalue weighted by molar-refractivity contribution is -0.384. The van der Waals surface area contributed by atoms with Gasteiger partial charge in [-0.05, 0) is 42.7 Å². The van der Waals surface area contributed by atoms with Crippen molar-refractivity contribution < 1.29 is 19.6 Å². The van der Waals surface area contributed by atoms with Gasteiger partial charge < -0.3 is 9.84 Å². The highest BCUT2D eigenvalue weighted by atomic mass is 35.5. The first-order valence-corrected chi connectivity index (χ1v) is 7.80. The van der Waals surface area contributed by atoms with E-state index in [1.54, 1.807) is 24.3 Å². The van der Waals surface area contributed by atoms with Crippen molar-refractivity contribution in [2.75, 3.05) is 6.61 Å². The quantitative estimate of drug-likeness (QED) is 0.445. The molecule has 0 fully saturated rings. The summed E-state index contributed by atoms with van der Waals surface area (Å²) in [6.45, 7) is 2.19. The number of hydrogen-bond acceptors (Lipinski definition) is 4. The molecule has 130 valence electrons. The Balaban J connectivity index is 1.97. The SMILES string of the molecule is CC(=CCc1cccc(C(=O)O)c1Cl)COc1ccc([N+](=O)[O-])cc1. The van der Waals surface area contributed by atoms with Crippen LogP contribution in [-0.4, -0.2) is 22.6 Å². The molecule has 1 N–H and O–H groups in total. The van der Waals surface area contributed by atoms with Gasteiger partial charge in [-0.25, -0.2) is 4.79 Å². The maximum absolute atomic E-state index is 11.1. The summed E-state index contributed by atoms with van der Waals surface area (Å²) >= 11 is 6.10. The van der Waals surface area contributed by atoms with Gasteiger partial charge in [0.15, 0.2) is 0 Å². The summed E-state index contributed by atoms with van der Waals surface area (Å²) in [4.78, 5) is 21.2. The standard InChI is InChI=1S/C18H16ClNO5/c1-12(11-25-15-9-7-14(8-10-15)20(23)24)5-6-13-3-2-4-16(17(13)19)18(21)22/h2-5,7-10H,6,11H2,1H3,(H,21,22). The molecule has 0 saturated carbocycles. The summed E-state index contributed by atoms with van der Waals surface area (Å²) in [5, 5.41) is 19.9. The van der Waals surface area contributed by atoms with Gasteiger partial charge in [0.05, 0.1) is 15.5 Å². The number of aromatic carboxylic acids is 1. The number of ether oxygens (including phenoxy) is 1. The first-order valence-electron chi connectivity index (χ1n) is 7.42. The fraction of sp³-hybridized carbons (Fsp3) is 0.167. The van der Waals surface area contributed by atoms with Crippen molar-refractivity contribution in [3.8, 4) is 5.75 Å². The van der Waals surface area contributed by atoms with Crippen LogP contribution in [0.4, 0.5) is 5.69 Å². The molecule has 0 aliphatic heterocycles. The van der Waals surface area contributed by atoms with E-state index in [2.05, 4.69) is 0 Å². The Labute approximate surface area is 149 Å². The van der Waals surface area contributed by atoms with Crippen molar-refractivity contribution in [1.82, 2.24) is 0 Å². The van der Waals surface area contributed by atoms with Crippen molar-refractivity contribution in [3.63, 3.8) is 0 Å². The van der Waals surface area contributed by atoms with E-state index in [9.17, 15) is 14.9 Å². The maximum Gasteiger partial charge on any atom is 0.337 e. The van der Waals surface area contributed by atoms with Gasteiger partial charge in [0.2, 0.25) is 0 Å². The molecule has 6 nitrogen and oxygen atoms in total. The summed E-state index contributed by atoms with van der Waals surface area (Å²) in [5.74, 6) is -0.529. The van der Waals surface area contributed by atoms with Gasteiger partial charge in [-0.15, -0.1) is 0 Å². The third-order valence-corrected chi connectivity index (χ3v) is 3.94. The van der Waals surface area contributed by atoms with Gasteiger partial charge in [-0.1, -0.05) is 29.8 Å². The Hall–Kier alpha value is -2.86. The van der Waals surface area contributed by atoms with E-state index in [1.807, 2.05) is 13.0 Å². The first-order chi connectivity index (χ1) is 11.9. The minimum Gasteiger partial charge on any atom is -0.489 e. The molecule has 0 atom stereocenters. The van der Waals surface area contributed by atoms with Crippen LogP contribution < -0.4 is 4.74 Å². The molecular weight excluding hydrogens is 346 g/mol. The molecule has 7 heteroatoms. The zero-order chi connectivity index (χ0) is 18.4. The van der Waals surface area contributed by atoms with Crippen LogP contribution in [0.25, 0.3) is 0 Å². The topological polar surface area (TPSA) is 89.7 Å². The summed E-state index contributed by atoms with van der Waals surface area (Å²) < 4.78 is 5.57. The minimum atomic E-state index is -1.06. The van der Waals surface area contributed by atoms with Crippen LogP contribution in [0.2, 0.25) is 5.02 Å². The number of benzene rings is 2. The predicted molar refractivity (Wildman–Crippen MR) is 94.5 cm³/mol. The molecule has 0 bridgehead atoms. The van der Waals surface area contributed by atoms with Crippen LogP contribution in [0.1, 0.15) is 22.8 Å². The number of nitro groups is 1. The number of nitro benzene ring substituents is 1. The monoisotopic (exact) mass is 361 g/mol. The van der Waals surface area contributed by atoms with Crippen molar-refractivity contribution >= 4 is 23.3 Å². The molecule has 0 amide bonds. The fourth-order valence-corrected chi connectivity index (χ4v) is 2.39. The second kappa shape index (κ2) is 8.30. The lowest BCUT2D eigenvalue weighted by Crippen LogP contribution is -2.01. The first kappa shape index (κ1) is 18.5. The predicted octanol–water partition coefficient (Wildman–Crippen LogP) is 4.51. The Morgan fingerprint density at radius 3 is 2.56 bits per heavy atom. The second-order valence-electron chi connectivity index (χ2n) is 5.38. The van der Waals surface area contributed by atoms with Crippen LogP contribution in [0.5, 0.6) is 5.75 Å². The number of carbonyl (C=O) groups is 1. The van der Waals surface area contributed by atoms with E-state index in [4.69, 9.17) is 21.4 Å². The summed E-state index contributed by atoms with van der Waals surface area (Å²) in [7, 11) is 0. The van der Waals surface area contributed by atoms with Crippen LogP contribution in [0, 0.1) is 10.1 Å². The second-order valence-corrected chi connectivity index (χ2v) is 5.76. The molecule has 2 rings (SSSR count). The van der Waals surface area contributed by atoms with Crippen molar-refractivity contribution in [1.29, 1.82) is 0 Å². The molecular formula is C18H16ClNO5. The van der Waals surface area contributed by atoms with Crippen molar-refractivity contribution in [2.45, 2.75) is 13.3 Å². The van der Waals surface area contributed by atoms with E-state index in [0.717, 1.165) is 11.1 Å². The molecule has 0 unspecified atom stereocenters. The molecule has 2 aromatic carbocycles. The summed E-state index contributed by atoms with van der Waals surface area (Å²) in [6.07, 6.45) is 2.38. The van der Waals surface area contributed by atoms with Gasteiger partial charge in [-0.3, -0.25) is 10.1 Å². The molecule has 0 aliphatic rings. The number of carboxylic acids is 1. The van der Waals surface area contributed by atoms with E-state index in [-0.39, 0.29) is 16.3 Å². The van der Waals surface area contributed by atoms with Crippen LogP contribution >= 0.6 is 11.6 Å². The number of hydrogen-bond donors (Lipinski definition) is 1. The Kier molecular flexibility index (Phi) is 6.14. The van der Waals surface area contributed by atoms with E-state index < -0.39 is 10.9 Å². The smallest absolute Gasteiger partial charge is 0.337 e. The van der Waals surface area contributed by atoms with Gasteiger partial charge in [0.25, 0.3) is 5.69 Å². The van der Waals surface area contributed by atoms with Gasteiger partial charge in [0.1, 0.15) is 12.4 Å². The molecule has 0 aromatic heterocycles. The Morgan fingerprint density at radius 2 is 1.96 bits per heavy atom. The van der Waals surface area contributed by atoms with Crippen molar-refractivity contribution in [2.24, 2.45) is 0 Å². The van der Waals surface area contributed by atoms with E-state index in [1.165, 1.54) is 18.2 Å². The van der Waals surface area contributed by atoms with Crippen LogP contribution in [-0.2, 0) is 6.42 Å². The number of non-ortho nitro benzene ring substituents is 1. The maximum atomic E-state index is 11.1. The summed E-state index contributed by atoms with van der Waals surface area (Å²) in [5.41, 5.74) is 1.73.